The van der Waals surface area contributed by atoms with Gasteiger partial charge in [0, 0.05) is 22.7 Å². The van der Waals surface area contributed by atoms with Gasteiger partial charge in [0.1, 0.15) is 0 Å². The monoisotopic (exact) mass is 1040 g/mol. The Kier molecular flexibility index (Phi) is 9.76. The molecule has 81 heavy (non-hydrogen) atoms. The Bertz CT molecular complexity index is 3870. The van der Waals surface area contributed by atoms with Crippen molar-refractivity contribution in [3.63, 3.8) is 0 Å². The van der Waals surface area contributed by atoms with Crippen molar-refractivity contribution in [3.05, 3.63) is 301 Å². The Balaban J connectivity index is 1.03. The minimum Gasteiger partial charge on any atom is -0.453 e. The molecule has 0 bridgehead atoms. The van der Waals surface area contributed by atoms with Gasteiger partial charge in [-0.05, 0) is 167 Å². The van der Waals surface area contributed by atoms with Gasteiger partial charge in [-0.15, -0.1) is 0 Å². The molecule has 12 aromatic carbocycles. The lowest BCUT2D eigenvalue weighted by atomic mass is 9.67. The lowest BCUT2D eigenvalue weighted by Gasteiger charge is -2.40. The smallest absolute Gasteiger partial charge is 0.151 e. The van der Waals surface area contributed by atoms with E-state index in [-0.39, 0.29) is 0 Å². The number of ether oxygens (including phenoxy) is 4. The van der Waals surface area contributed by atoms with Gasteiger partial charge in [-0.3, -0.25) is 0 Å². The van der Waals surface area contributed by atoms with E-state index in [4.69, 9.17) is 18.9 Å². The van der Waals surface area contributed by atoms with E-state index in [1.807, 2.05) is 48.5 Å². The van der Waals surface area contributed by atoms with Gasteiger partial charge in [-0.2, -0.15) is 0 Å². The molecule has 0 N–H and O–H groups in total. The summed E-state index contributed by atoms with van der Waals surface area (Å²) in [4.78, 5) is 9.46. The van der Waals surface area contributed by atoms with E-state index >= 15 is 0 Å². The van der Waals surface area contributed by atoms with Crippen LogP contribution >= 0.6 is 0 Å². The summed E-state index contributed by atoms with van der Waals surface area (Å²) in [5.74, 6) is 6.16. The topological polar surface area (TPSA) is 49.9 Å². The van der Waals surface area contributed by atoms with Gasteiger partial charge in [0.05, 0.1) is 50.9 Å². The highest BCUT2D eigenvalue weighted by atomic mass is 16.5. The third kappa shape index (κ3) is 6.71. The number of benzene rings is 12. The number of hydrogen-bond donors (Lipinski definition) is 0. The van der Waals surface area contributed by atoms with Crippen molar-refractivity contribution in [1.82, 2.24) is 0 Å². The number of para-hydroxylation sites is 16. The number of anilines is 12. The Morgan fingerprint density at radius 2 is 0.407 bits per heavy atom. The average Bonchev–Trinajstić information content (AvgIpc) is 4.05. The Hall–Kier alpha value is -11.0. The molecule has 17 rings (SSSR count). The highest BCUT2D eigenvalue weighted by molar-refractivity contribution is 5.97. The molecule has 4 aliphatic heterocycles. The lowest BCUT2D eigenvalue weighted by molar-refractivity contribution is 0.476. The summed E-state index contributed by atoms with van der Waals surface area (Å²) in [6.07, 6.45) is 0. The number of nitrogens with zero attached hydrogens (tertiary/aromatic N) is 4. The molecule has 382 valence electrons. The maximum atomic E-state index is 6.73. The zero-order valence-electron chi connectivity index (χ0n) is 43.5. The molecule has 0 saturated carbocycles. The maximum Gasteiger partial charge on any atom is 0.151 e. The first-order valence-corrected chi connectivity index (χ1v) is 27.3. The van der Waals surface area contributed by atoms with Gasteiger partial charge in [-0.25, -0.2) is 0 Å². The second-order valence-electron chi connectivity index (χ2n) is 20.8. The van der Waals surface area contributed by atoms with Crippen LogP contribution in [-0.2, 0) is 5.41 Å². The van der Waals surface area contributed by atoms with Crippen LogP contribution in [0, 0.1) is 0 Å². The SMILES string of the molecule is c1ccc2c(c1)Oc1ccccc1N2c1cc(N2c3ccccc3Oc3ccccc32)cc(C2(c3cc(N4c5ccccc5Oc5ccccc54)cc(N4c5ccccc5Oc5ccccc54)c3)c3ccccc3-c3ccccc32)c1. The maximum absolute atomic E-state index is 6.73. The van der Waals surface area contributed by atoms with Gasteiger partial charge in [0.15, 0.2) is 46.0 Å². The molecule has 0 unspecified atom stereocenters. The van der Waals surface area contributed by atoms with Crippen LogP contribution < -0.4 is 38.5 Å². The van der Waals surface area contributed by atoms with Crippen molar-refractivity contribution in [2.75, 3.05) is 19.6 Å². The fraction of sp³-hybridized carbons (Fsp3) is 0.0137. The second-order valence-corrected chi connectivity index (χ2v) is 20.8. The first-order valence-electron chi connectivity index (χ1n) is 27.3. The van der Waals surface area contributed by atoms with Crippen molar-refractivity contribution in [3.8, 4) is 57.1 Å². The van der Waals surface area contributed by atoms with Crippen LogP contribution in [0.4, 0.5) is 68.2 Å². The Morgan fingerprint density at radius 1 is 0.210 bits per heavy atom. The first kappa shape index (κ1) is 45.1. The van der Waals surface area contributed by atoms with E-state index in [1.54, 1.807) is 0 Å². The highest BCUT2D eigenvalue weighted by Gasteiger charge is 2.48. The molecule has 0 atom stereocenters. The van der Waals surface area contributed by atoms with Gasteiger partial charge in [0.2, 0.25) is 0 Å². The molecule has 1 aliphatic carbocycles. The first-order chi connectivity index (χ1) is 40.2. The zero-order chi connectivity index (χ0) is 53.2. The van der Waals surface area contributed by atoms with Crippen molar-refractivity contribution in [2.45, 2.75) is 5.41 Å². The largest absolute Gasteiger partial charge is 0.453 e. The third-order valence-electron chi connectivity index (χ3n) is 16.4. The van der Waals surface area contributed by atoms with E-state index in [0.29, 0.717) is 0 Å². The van der Waals surface area contributed by atoms with Crippen LogP contribution in [0.5, 0.6) is 46.0 Å². The predicted molar refractivity (Wildman–Crippen MR) is 323 cm³/mol. The third-order valence-corrected chi connectivity index (χ3v) is 16.4. The molecule has 0 aromatic heterocycles. The Morgan fingerprint density at radius 3 is 0.642 bits per heavy atom. The molecule has 0 spiro atoms. The zero-order valence-corrected chi connectivity index (χ0v) is 43.5. The normalized spacial score (nSPS) is 14.1. The quantitative estimate of drug-likeness (QED) is 0.163. The summed E-state index contributed by atoms with van der Waals surface area (Å²) in [7, 11) is 0. The fourth-order valence-corrected chi connectivity index (χ4v) is 13.1. The van der Waals surface area contributed by atoms with Crippen LogP contribution in [-0.4, -0.2) is 0 Å². The average molecular weight is 1040 g/mol. The second kappa shape index (κ2) is 17.5. The van der Waals surface area contributed by atoms with Gasteiger partial charge < -0.3 is 38.5 Å². The van der Waals surface area contributed by atoms with Crippen molar-refractivity contribution in [2.24, 2.45) is 0 Å². The summed E-state index contributed by atoms with van der Waals surface area (Å²) < 4.78 is 26.9. The molecule has 0 radical (unpaired) electrons. The van der Waals surface area contributed by atoms with E-state index in [2.05, 4.69) is 250 Å². The molecule has 4 heterocycles. The molecule has 0 amide bonds. The molecule has 0 saturated heterocycles. The van der Waals surface area contributed by atoms with Crippen molar-refractivity contribution >= 4 is 68.2 Å². The Labute approximate surface area is 468 Å². The molecule has 12 aromatic rings. The molecule has 8 nitrogen and oxygen atoms in total. The summed E-state index contributed by atoms with van der Waals surface area (Å²) in [5, 5.41) is 0. The molecule has 0 fully saturated rings. The van der Waals surface area contributed by atoms with E-state index in [0.717, 1.165) is 136 Å². The van der Waals surface area contributed by atoms with Gasteiger partial charge in [0.25, 0.3) is 0 Å². The van der Waals surface area contributed by atoms with Crippen LogP contribution in [0.25, 0.3) is 11.1 Å². The van der Waals surface area contributed by atoms with E-state index in [9.17, 15) is 0 Å². The van der Waals surface area contributed by atoms with Crippen LogP contribution in [0.3, 0.4) is 0 Å². The fourth-order valence-electron chi connectivity index (χ4n) is 13.1. The van der Waals surface area contributed by atoms with Crippen LogP contribution in [0.1, 0.15) is 22.3 Å². The highest BCUT2D eigenvalue weighted by Crippen LogP contribution is 2.62. The summed E-state index contributed by atoms with van der Waals surface area (Å²) in [6.45, 7) is 0. The predicted octanol–water partition coefficient (Wildman–Crippen LogP) is 20.4. The van der Waals surface area contributed by atoms with Gasteiger partial charge in [-0.1, -0.05) is 146 Å². The number of hydrogen-bond acceptors (Lipinski definition) is 8. The van der Waals surface area contributed by atoms with Crippen molar-refractivity contribution < 1.29 is 18.9 Å². The molecular formula is C73H46N4O4. The van der Waals surface area contributed by atoms with E-state index < -0.39 is 5.41 Å². The van der Waals surface area contributed by atoms with E-state index in [1.165, 1.54) is 11.1 Å². The van der Waals surface area contributed by atoms with Crippen molar-refractivity contribution in [1.29, 1.82) is 0 Å². The minimum atomic E-state index is -0.976. The van der Waals surface area contributed by atoms with Gasteiger partial charge >= 0.3 is 0 Å². The number of rotatable bonds is 6. The summed E-state index contributed by atoms with van der Waals surface area (Å²) in [6, 6.07) is 99.0. The number of fused-ring (bicyclic) bond motifs is 11. The minimum absolute atomic E-state index is 0.769. The molecule has 5 aliphatic rings. The summed E-state index contributed by atoms with van der Waals surface area (Å²) in [5.41, 5.74) is 17.1. The lowest BCUT2D eigenvalue weighted by Crippen LogP contribution is -2.30. The van der Waals surface area contributed by atoms with Crippen LogP contribution in [0.2, 0.25) is 0 Å². The molecular weight excluding hydrogens is 997 g/mol. The molecule has 8 heteroatoms. The standard InChI is InChI=1S/C73H46N4O4/c1-3-23-55-53(21-1)54-22-2-4-24-56(54)73(55,47-41-49(74-57-25-5-13-33-65(57)78-66-34-14-6-26-58(66)74)45-50(42-47)75-59-27-7-15-35-67(59)79-68-36-16-8-28-60(68)75)48-43-51(76-61-29-9-17-37-69(61)80-70-38-18-10-30-62(70)76)46-52(44-48)77-63-31-11-19-39-71(63)81-72-40-20-12-32-64(72)77/h1-46H. The van der Waals surface area contributed by atoms with Crippen LogP contribution in [0.15, 0.2) is 279 Å². The summed E-state index contributed by atoms with van der Waals surface area (Å²) >= 11 is 0.